The molecule has 7 heteroatoms. The molecule has 1 N–H and O–H groups in total. The SMILES string of the molecule is Cc1cccnc1CN1CCN(C(=O)c2cc3n(n2)CCCNC3)CC1. The second kappa shape index (κ2) is 7.55. The minimum absolute atomic E-state index is 0.0549. The Kier molecular flexibility index (Phi) is 4.99. The van der Waals surface area contributed by atoms with Crippen LogP contribution in [0.5, 0.6) is 0 Å². The molecule has 0 spiro atoms. The third-order valence-electron chi connectivity index (χ3n) is 5.26. The Balaban J connectivity index is 1.36. The van der Waals surface area contributed by atoms with E-state index in [1.54, 1.807) is 0 Å². The number of carbonyl (C=O) groups excluding carboxylic acids is 1. The summed E-state index contributed by atoms with van der Waals surface area (Å²) in [6.45, 7) is 8.84. The number of carbonyl (C=O) groups is 1. The van der Waals surface area contributed by atoms with Crippen molar-refractivity contribution in [3.8, 4) is 0 Å². The van der Waals surface area contributed by atoms with Crippen molar-refractivity contribution in [3.05, 3.63) is 47.0 Å². The molecule has 1 fully saturated rings. The van der Waals surface area contributed by atoms with Crippen LogP contribution in [0.2, 0.25) is 0 Å². The largest absolute Gasteiger partial charge is 0.335 e. The number of piperazine rings is 1. The number of hydrogen-bond acceptors (Lipinski definition) is 5. The van der Waals surface area contributed by atoms with Gasteiger partial charge in [-0.3, -0.25) is 19.4 Å². The maximum Gasteiger partial charge on any atom is 0.274 e. The first-order valence-corrected chi connectivity index (χ1v) is 9.40. The van der Waals surface area contributed by atoms with E-state index < -0.39 is 0 Å². The second-order valence-electron chi connectivity index (χ2n) is 7.11. The number of aryl methyl sites for hydroxylation is 2. The average Bonchev–Trinajstić information content (AvgIpc) is 2.94. The zero-order chi connectivity index (χ0) is 17.9. The van der Waals surface area contributed by atoms with E-state index in [0.29, 0.717) is 5.69 Å². The summed E-state index contributed by atoms with van der Waals surface area (Å²) in [4.78, 5) is 21.6. The molecule has 0 radical (unpaired) electrons. The number of aromatic nitrogens is 3. The molecule has 1 amide bonds. The number of fused-ring (bicyclic) bond motifs is 1. The first kappa shape index (κ1) is 17.2. The van der Waals surface area contributed by atoms with Gasteiger partial charge in [0, 0.05) is 52.0 Å². The Morgan fingerprint density at radius 3 is 2.88 bits per heavy atom. The molecule has 4 heterocycles. The van der Waals surface area contributed by atoms with Gasteiger partial charge in [-0.25, -0.2) is 0 Å². The molecule has 138 valence electrons. The van der Waals surface area contributed by atoms with Gasteiger partial charge in [-0.2, -0.15) is 5.10 Å². The molecule has 0 unspecified atom stereocenters. The Hall–Kier alpha value is -2.25. The lowest BCUT2D eigenvalue weighted by atomic mass is 10.2. The van der Waals surface area contributed by atoms with Gasteiger partial charge < -0.3 is 10.2 Å². The molecule has 1 saturated heterocycles. The zero-order valence-corrected chi connectivity index (χ0v) is 15.3. The minimum atomic E-state index is 0.0549. The van der Waals surface area contributed by atoms with Crippen LogP contribution >= 0.6 is 0 Å². The highest BCUT2D eigenvalue weighted by Crippen LogP contribution is 2.14. The fourth-order valence-electron chi connectivity index (χ4n) is 3.63. The maximum absolute atomic E-state index is 12.8. The molecular weight excluding hydrogens is 328 g/mol. The lowest BCUT2D eigenvalue weighted by Gasteiger charge is -2.34. The number of amides is 1. The van der Waals surface area contributed by atoms with Crippen LogP contribution in [0.3, 0.4) is 0 Å². The zero-order valence-electron chi connectivity index (χ0n) is 15.3. The van der Waals surface area contributed by atoms with Crippen molar-refractivity contribution < 1.29 is 4.79 Å². The predicted octanol–water partition coefficient (Wildman–Crippen LogP) is 1.04. The summed E-state index contributed by atoms with van der Waals surface area (Å²) >= 11 is 0. The minimum Gasteiger partial charge on any atom is -0.335 e. The van der Waals surface area contributed by atoms with Crippen LogP contribution in [0.4, 0.5) is 0 Å². The molecule has 2 aliphatic rings. The normalized spacial score (nSPS) is 18.4. The smallest absolute Gasteiger partial charge is 0.274 e. The fraction of sp³-hybridized carbons (Fsp3) is 0.526. The number of pyridine rings is 1. The van der Waals surface area contributed by atoms with Gasteiger partial charge >= 0.3 is 0 Å². The van der Waals surface area contributed by atoms with E-state index in [1.165, 1.54) is 5.56 Å². The van der Waals surface area contributed by atoms with Gasteiger partial charge in [-0.05, 0) is 37.6 Å². The van der Waals surface area contributed by atoms with Gasteiger partial charge in [-0.15, -0.1) is 0 Å². The van der Waals surface area contributed by atoms with E-state index in [2.05, 4.69) is 33.3 Å². The van der Waals surface area contributed by atoms with Gasteiger partial charge in [0.15, 0.2) is 5.69 Å². The lowest BCUT2D eigenvalue weighted by molar-refractivity contribution is 0.0620. The Bertz CT molecular complexity index is 755. The van der Waals surface area contributed by atoms with E-state index >= 15 is 0 Å². The third kappa shape index (κ3) is 3.64. The van der Waals surface area contributed by atoms with E-state index in [-0.39, 0.29) is 5.91 Å². The van der Waals surface area contributed by atoms with E-state index in [0.717, 1.165) is 70.2 Å². The third-order valence-corrected chi connectivity index (χ3v) is 5.26. The Morgan fingerprint density at radius 2 is 2.08 bits per heavy atom. The Morgan fingerprint density at radius 1 is 1.23 bits per heavy atom. The maximum atomic E-state index is 12.8. The number of nitrogens with zero attached hydrogens (tertiary/aromatic N) is 5. The highest BCUT2D eigenvalue weighted by molar-refractivity contribution is 5.92. The monoisotopic (exact) mass is 354 g/mol. The van der Waals surface area contributed by atoms with Crippen LogP contribution in [0.15, 0.2) is 24.4 Å². The Labute approximate surface area is 154 Å². The van der Waals surface area contributed by atoms with E-state index in [9.17, 15) is 4.79 Å². The van der Waals surface area contributed by atoms with Gasteiger partial charge in [0.2, 0.25) is 0 Å². The molecule has 7 nitrogen and oxygen atoms in total. The van der Waals surface area contributed by atoms with Crippen molar-refractivity contribution in [3.63, 3.8) is 0 Å². The lowest BCUT2D eigenvalue weighted by Crippen LogP contribution is -2.48. The molecule has 0 atom stereocenters. The van der Waals surface area contributed by atoms with Crippen LogP contribution in [-0.4, -0.2) is 63.2 Å². The van der Waals surface area contributed by atoms with Gasteiger partial charge in [0.25, 0.3) is 5.91 Å². The molecule has 0 bridgehead atoms. The molecule has 0 aliphatic carbocycles. The van der Waals surface area contributed by atoms with Crippen molar-refractivity contribution in [1.29, 1.82) is 0 Å². The predicted molar refractivity (Wildman–Crippen MR) is 98.7 cm³/mol. The van der Waals surface area contributed by atoms with Crippen LogP contribution in [-0.2, 0) is 19.6 Å². The van der Waals surface area contributed by atoms with Crippen LogP contribution in [0.1, 0.15) is 33.9 Å². The average molecular weight is 354 g/mol. The van der Waals surface area contributed by atoms with Crippen LogP contribution in [0.25, 0.3) is 0 Å². The molecule has 2 aromatic rings. The van der Waals surface area contributed by atoms with Gasteiger partial charge in [0.1, 0.15) is 0 Å². The van der Waals surface area contributed by atoms with Crippen molar-refractivity contribution in [2.24, 2.45) is 0 Å². The van der Waals surface area contributed by atoms with Crippen molar-refractivity contribution in [1.82, 2.24) is 29.9 Å². The molecule has 26 heavy (non-hydrogen) atoms. The summed E-state index contributed by atoms with van der Waals surface area (Å²) in [5.74, 6) is 0.0549. The molecular formula is C19H26N6O. The topological polar surface area (TPSA) is 66.3 Å². The summed E-state index contributed by atoms with van der Waals surface area (Å²) in [5.41, 5.74) is 4.03. The first-order valence-electron chi connectivity index (χ1n) is 9.40. The van der Waals surface area contributed by atoms with Crippen molar-refractivity contribution in [2.75, 3.05) is 32.7 Å². The summed E-state index contributed by atoms with van der Waals surface area (Å²) in [6.07, 6.45) is 2.90. The summed E-state index contributed by atoms with van der Waals surface area (Å²) in [6, 6.07) is 6.02. The van der Waals surface area contributed by atoms with Crippen molar-refractivity contribution >= 4 is 5.91 Å². The summed E-state index contributed by atoms with van der Waals surface area (Å²) in [5, 5.41) is 7.92. The number of nitrogens with one attached hydrogen (secondary N) is 1. The first-order chi connectivity index (χ1) is 12.7. The molecule has 4 rings (SSSR count). The van der Waals surface area contributed by atoms with E-state index in [4.69, 9.17) is 0 Å². The van der Waals surface area contributed by atoms with E-state index in [1.807, 2.05) is 27.9 Å². The van der Waals surface area contributed by atoms with Crippen molar-refractivity contribution in [2.45, 2.75) is 33.0 Å². The molecule has 0 aromatic carbocycles. The second-order valence-corrected chi connectivity index (χ2v) is 7.11. The standard InChI is InChI=1S/C19H26N6O/c1-15-4-2-6-21-18(15)14-23-8-10-24(11-9-23)19(26)17-12-16-13-20-5-3-7-25(16)22-17/h2,4,6,12,20H,3,5,7-11,13-14H2,1H3. The highest BCUT2D eigenvalue weighted by atomic mass is 16.2. The fourth-order valence-corrected chi connectivity index (χ4v) is 3.63. The quantitative estimate of drug-likeness (QED) is 0.892. The van der Waals surface area contributed by atoms with Gasteiger partial charge in [-0.1, -0.05) is 6.07 Å². The molecule has 2 aromatic heterocycles. The van der Waals surface area contributed by atoms with Crippen LogP contribution < -0.4 is 5.32 Å². The summed E-state index contributed by atoms with van der Waals surface area (Å²) < 4.78 is 1.98. The van der Waals surface area contributed by atoms with Gasteiger partial charge in [0.05, 0.1) is 11.4 Å². The van der Waals surface area contributed by atoms with Crippen LogP contribution in [0, 0.1) is 6.92 Å². The number of rotatable bonds is 3. The number of hydrogen-bond donors (Lipinski definition) is 1. The highest BCUT2D eigenvalue weighted by Gasteiger charge is 2.25. The molecule has 2 aliphatic heterocycles. The summed E-state index contributed by atoms with van der Waals surface area (Å²) in [7, 11) is 0. The molecule has 0 saturated carbocycles.